The Morgan fingerprint density at radius 1 is 1.12 bits per heavy atom. The van der Waals surface area contributed by atoms with Gasteiger partial charge in [-0.1, -0.05) is 48.5 Å². The summed E-state index contributed by atoms with van der Waals surface area (Å²) in [4.78, 5) is 12.4. The van der Waals surface area contributed by atoms with Crippen molar-refractivity contribution >= 4 is 5.91 Å². The van der Waals surface area contributed by atoms with Crippen molar-refractivity contribution in [1.29, 1.82) is 0 Å². The van der Waals surface area contributed by atoms with Gasteiger partial charge in [0.2, 0.25) is 5.91 Å². The summed E-state index contributed by atoms with van der Waals surface area (Å²) < 4.78 is 11.3. The highest BCUT2D eigenvalue weighted by Gasteiger charge is 2.26. The van der Waals surface area contributed by atoms with Crippen molar-refractivity contribution in [2.75, 3.05) is 13.2 Å². The van der Waals surface area contributed by atoms with Crippen LogP contribution in [-0.4, -0.2) is 25.2 Å². The van der Waals surface area contributed by atoms with Crippen molar-refractivity contribution in [3.8, 4) is 5.75 Å². The first-order chi connectivity index (χ1) is 12.7. The van der Waals surface area contributed by atoms with Gasteiger partial charge < -0.3 is 20.5 Å². The Hall–Kier alpha value is -2.37. The van der Waals surface area contributed by atoms with Crippen LogP contribution >= 0.6 is 0 Å². The molecule has 1 fully saturated rings. The zero-order chi connectivity index (χ0) is 18.2. The minimum absolute atomic E-state index is 0.116. The first-order valence-corrected chi connectivity index (χ1v) is 9.09. The average Bonchev–Trinajstić information content (AvgIpc) is 2.72. The lowest BCUT2D eigenvalue weighted by molar-refractivity contribution is -0.124. The zero-order valence-corrected chi connectivity index (χ0v) is 14.9. The highest BCUT2D eigenvalue weighted by atomic mass is 16.5. The van der Waals surface area contributed by atoms with E-state index in [1.807, 2.05) is 54.6 Å². The van der Waals surface area contributed by atoms with E-state index in [-0.39, 0.29) is 11.8 Å². The van der Waals surface area contributed by atoms with Crippen LogP contribution in [-0.2, 0) is 22.7 Å². The van der Waals surface area contributed by atoms with E-state index in [1.54, 1.807) is 0 Å². The average molecular weight is 354 g/mol. The molecule has 1 aliphatic heterocycles. The van der Waals surface area contributed by atoms with Gasteiger partial charge in [-0.25, -0.2) is 0 Å². The number of hydrogen-bond acceptors (Lipinski definition) is 4. The van der Waals surface area contributed by atoms with Gasteiger partial charge in [-0.05, 0) is 30.4 Å². The monoisotopic (exact) mass is 354 g/mol. The maximum absolute atomic E-state index is 12.4. The van der Waals surface area contributed by atoms with E-state index in [0.717, 1.165) is 29.7 Å². The Labute approximate surface area is 154 Å². The summed E-state index contributed by atoms with van der Waals surface area (Å²) in [5, 5.41) is 2.95. The van der Waals surface area contributed by atoms with Gasteiger partial charge in [0.25, 0.3) is 0 Å². The van der Waals surface area contributed by atoms with Crippen LogP contribution in [0.15, 0.2) is 54.6 Å². The van der Waals surface area contributed by atoms with E-state index >= 15 is 0 Å². The third kappa shape index (κ3) is 5.07. The Kier molecular flexibility index (Phi) is 6.63. The first kappa shape index (κ1) is 18.4. The molecule has 0 aliphatic carbocycles. The lowest BCUT2D eigenvalue weighted by Crippen LogP contribution is -2.46. The maximum Gasteiger partial charge on any atom is 0.237 e. The molecular weight excluding hydrogens is 328 g/mol. The molecular formula is C21H26N2O3. The molecule has 1 unspecified atom stereocenters. The molecule has 2 aromatic rings. The minimum atomic E-state index is -0.490. The number of para-hydroxylation sites is 1. The van der Waals surface area contributed by atoms with Crippen LogP contribution in [0.2, 0.25) is 0 Å². The maximum atomic E-state index is 12.4. The van der Waals surface area contributed by atoms with E-state index in [2.05, 4.69) is 5.32 Å². The van der Waals surface area contributed by atoms with E-state index < -0.39 is 6.04 Å². The molecule has 0 saturated carbocycles. The molecule has 3 N–H and O–H groups in total. The molecule has 2 aromatic carbocycles. The molecule has 5 heteroatoms. The van der Waals surface area contributed by atoms with Gasteiger partial charge >= 0.3 is 0 Å². The Morgan fingerprint density at radius 3 is 2.58 bits per heavy atom. The summed E-state index contributed by atoms with van der Waals surface area (Å²) in [5.41, 5.74) is 8.18. The predicted octanol–water partition coefficient (Wildman–Crippen LogP) is 2.64. The fourth-order valence-corrected chi connectivity index (χ4v) is 3.12. The van der Waals surface area contributed by atoms with Crippen LogP contribution in [0.4, 0.5) is 0 Å². The molecule has 0 radical (unpaired) electrons. The van der Waals surface area contributed by atoms with E-state index in [9.17, 15) is 4.79 Å². The summed E-state index contributed by atoms with van der Waals surface area (Å²) in [7, 11) is 0. The summed E-state index contributed by atoms with van der Waals surface area (Å²) in [6.07, 6.45) is 1.68. The lowest BCUT2D eigenvalue weighted by Gasteiger charge is -2.26. The number of nitrogens with two attached hydrogens (primary N) is 1. The summed E-state index contributed by atoms with van der Waals surface area (Å²) >= 11 is 0. The number of hydrogen-bond donors (Lipinski definition) is 2. The van der Waals surface area contributed by atoms with Crippen molar-refractivity contribution in [3.05, 3.63) is 65.7 Å². The number of carbonyl (C=O) groups excluding carboxylic acids is 1. The van der Waals surface area contributed by atoms with Gasteiger partial charge in [0.15, 0.2) is 0 Å². The van der Waals surface area contributed by atoms with Gasteiger partial charge in [-0.2, -0.15) is 0 Å². The largest absolute Gasteiger partial charge is 0.489 e. The predicted molar refractivity (Wildman–Crippen MR) is 101 cm³/mol. The van der Waals surface area contributed by atoms with Gasteiger partial charge in [-0.15, -0.1) is 0 Å². The molecule has 3 rings (SSSR count). The smallest absolute Gasteiger partial charge is 0.237 e. The highest BCUT2D eigenvalue weighted by Crippen LogP contribution is 2.20. The lowest BCUT2D eigenvalue weighted by atomic mass is 9.92. The third-order valence-corrected chi connectivity index (χ3v) is 4.74. The second-order valence-electron chi connectivity index (χ2n) is 6.58. The van der Waals surface area contributed by atoms with Gasteiger partial charge in [0.1, 0.15) is 12.4 Å². The third-order valence-electron chi connectivity index (χ3n) is 4.74. The molecule has 0 aromatic heterocycles. The van der Waals surface area contributed by atoms with Gasteiger partial charge in [-0.3, -0.25) is 4.79 Å². The zero-order valence-electron chi connectivity index (χ0n) is 14.9. The number of amides is 1. The number of carbonyl (C=O) groups is 1. The first-order valence-electron chi connectivity index (χ1n) is 9.09. The normalized spacial score (nSPS) is 16.0. The fourth-order valence-electron chi connectivity index (χ4n) is 3.12. The van der Waals surface area contributed by atoms with E-state index in [0.29, 0.717) is 26.4 Å². The van der Waals surface area contributed by atoms with Crippen LogP contribution in [0.5, 0.6) is 5.75 Å². The van der Waals surface area contributed by atoms with Crippen molar-refractivity contribution in [2.24, 2.45) is 11.7 Å². The Balaban J connectivity index is 1.55. The Bertz CT molecular complexity index is 699. The number of ether oxygens (including phenoxy) is 2. The van der Waals surface area contributed by atoms with Crippen LogP contribution in [0.25, 0.3) is 0 Å². The molecule has 1 amide bonds. The molecule has 1 atom stereocenters. The summed E-state index contributed by atoms with van der Waals surface area (Å²) in [6, 6.07) is 17.3. The second-order valence-corrected chi connectivity index (χ2v) is 6.58. The van der Waals surface area contributed by atoms with Crippen LogP contribution in [0.3, 0.4) is 0 Å². The molecule has 0 bridgehead atoms. The SMILES string of the molecule is NC(C(=O)NCc1ccccc1OCc1ccccc1)C1CCOCC1. The van der Waals surface area contributed by atoms with Crippen molar-refractivity contribution in [1.82, 2.24) is 5.32 Å². The van der Waals surface area contributed by atoms with Crippen molar-refractivity contribution < 1.29 is 14.3 Å². The molecule has 5 nitrogen and oxygen atoms in total. The van der Waals surface area contributed by atoms with Gasteiger partial charge in [0.05, 0.1) is 6.04 Å². The number of nitrogens with one attached hydrogen (secondary N) is 1. The highest BCUT2D eigenvalue weighted by molar-refractivity contribution is 5.81. The molecule has 0 spiro atoms. The molecule has 1 saturated heterocycles. The van der Waals surface area contributed by atoms with Crippen molar-refractivity contribution in [3.63, 3.8) is 0 Å². The van der Waals surface area contributed by atoms with E-state index in [1.165, 1.54) is 0 Å². The summed E-state index contributed by atoms with van der Waals surface area (Å²) in [6.45, 7) is 2.26. The van der Waals surface area contributed by atoms with Gasteiger partial charge in [0, 0.05) is 25.3 Å². The van der Waals surface area contributed by atoms with Crippen LogP contribution < -0.4 is 15.8 Å². The molecule has 138 valence electrons. The molecule has 1 aliphatic rings. The number of benzene rings is 2. The van der Waals surface area contributed by atoms with Crippen molar-refractivity contribution in [2.45, 2.75) is 32.0 Å². The van der Waals surface area contributed by atoms with Crippen LogP contribution in [0.1, 0.15) is 24.0 Å². The topological polar surface area (TPSA) is 73.6 Å². The number of rotatable bonds is 7. The Morgan fingerprint density at radius 2 is 1.81 bits per heavy atom. The van der Waals surface area contributed by atoms with Crippen LogP contribution in [0, 0.1) is 5.92 Å². The standard InChI is InChI=1S/C21H26N2O3/c22-20(17-10-12-25-13-11-17)21(24)23-14-18-8-4-5-9-19(18)26-15-16-6-2-1-3-7-16/h1-9,17,20H,10-15,22H2,(H,23,24). The quantitative estimate of drug-likeness (QED) is 0.802. The summed E-state index contributed by atoms with van der Waals surface area (Å²) in [5.74, 6) is 0.847. The molecule has 26 heavy (non-hydrogen) atoms. The minimum Gasteiger partial charge on any atom is -0.489 e. The molecule has 1 heterocycles. The second kappa shape index (κ2) is 9.36. The van der Waals surface area contributed by atoms with E-state index in [4.69, 9.17) is 15.2 Å². The fraction of sp³-hybridized carbons (Fsp3) is 0.381.